The molecule has 1 aromatic heterocycles. The normalized spacial score (nSPS) is 19.9. The van der Waals surface area contributed by atoms with Gasteiger partial charge in [0.05, 0.1) is 0 Å². The average molecular weight is 303 g/mol. The van der Waals surface area contributed by atoms with Crippen molar-refractivity contribution in [3.8, 4) is 0 Å². The second-order valence-electron chi connectivity index (χ2n) is 4.63. The SMILES string of the molecule is NNC(CC1CCCCC1)c1cscc1Br. The molecule has 1 aliphatic carbocycles. The third kappa shape index (κ3) is 3.06. The van der Waals surface area contributed by atoms with Crippen molar-refractivity contribution in [1.82, 2.24) is 5.43 Å². The van der Waals surface area contributed by atoms with Gasteiger partial charge in [-0.25, -0.2) is 0 Å². The lowest BCUT2D eigenvalue weighted by Gasteiger charge is -2.26. The molecule has 0 aromatic carbocycles. The van der Waals surface area contributed by atoms with Crippen molar-refractivity contribution >= 4 is 27.3 Å². The maximum absolute atomic E-state index is 5.68. The molecule has 3 N–H and O–H groups in total. The molecule has 0 bridgehead atoms. The number of halogens is 1. The molecule has 16 heavy (non-hydrogen) atoms. The molecular formula is C12H19BrN2S. The van der Waals surface area contributed by atoms with Gasteiger partial charge in [-0.05, 0) is 39.2 Å². The molecule has 0 radical (unpaired) electrons. The van der Waals surface area contributed by atoms with E-state index in [-0.39, 0.29) is 0 Å². The average Bonchev–Trinajstić information content (AvgIpc) is 2.74. The van der Waals surface area contributed by atoms with Crippen LogP contribution < -0.4 is 11.3 Å². The van der Waals surface area contributed by atoms with Gasteiger partial charge in [0.15, 0.2) is 0 Å². The molecule has 2 nitrogen and oxygen atoms in total. The van der Waals surface area contributed by atoms with Crippen LogP contribution in [0.4, 0.5) is 0 Å². The zero-order valence-corrected chi connectivity index (χ0v) is 11.8. The van der Waals surface area contributed by atoms with E-state index in [1.165, 1.54) is 48.6 Å². The molecule has 1 fully saturated rings. The summed E-state index contributed by atoms with van der Waals surface area (Å²) in [6, 6.07) is 0.309. The van der Waals surface area contributed by atoms with Crippen LogP contribution in [0.3, 0.4) is 0 Å². The predicted molar refractivity (Wildman–Crippen MR) is 73.3 cm³/mol. The van der Waals surface area contributed by atoms with Gasteiger partial charge in [-0.2, -0.15) is 11.3 Å². The molecule has 0 saturated heterocycles. The van der Waals surface area contributed by atoms with E-state index in [0.29, 0.717) is 6.04 Å². The fourth-order valence-electron chi connectivity index (χ4n) is 2.58. The van der Waals surface area contributed by atoms with Gasteiger partial charge >= 0.3 is 0 Å². The van der Waals surface area contributed by atoms with E-state index in [9.17, 15) is 0 Å². The van der Waals surface area contributed by atoms with Crippen molar-refractivity contribution in [1.29, 1.82) is 0 Å². The van der Waals surface area contributed by atoms with E-state index in [2.05, 4.69) is 32.1 Å². The Bertz CT molecular complexity index is 321. The Balaban J connectivity index is 1.97. The summed E-state index contributed by atoms with van der Waals surface area (Å²) in [5, 5.41) is 4.32. The van der Waals surface area contributed by atoms with Crippen molar-refractivity contribution < 1.29 is 0 Å². The minimum Gasteiger partial charge on any atom is -0.271 e. The lowest BCUT2D eigenvalue weighted by Crippen LogP contribution is -2.30. The van der Waals surface area contributed by atoms with Gasteiger partial charge in [0.25, 0.3) is 0 Å². The van der Waals surface area contributed by atoms with Crippen LogP contribution in [0.1, 0.15) is 50.1 Å². The Morgan fingerprint density at radius 1 is 1.38 bits per heavy atom. The Morgan fingerprint density at radius 2 is 2.12 bits per heavy atom. The lowest BCUT2D eigenvalue weighted by atomic mass is 9.84. The van der Waals surface area contributed by atoms with Gasteiger partial charge in [-0.15, -0.1) is 0 Å². The van der Waals surface area contributed by atoms with E-state index in [0.717, 1.165) is 5.92 Å². The molecular weight excluding hydrogens is 284 g/mol. The van der Waals surface area contributed by atoms with E-state index in [1.54, 1.807) is 11.3 Å². The number of nitrogens with one attached hydrogen (secondary N) is 1. The lowest BCUT2D eigenvalue weighted by molar-refractivity contribution is 0.301. The summed E-state index contributed by atoms with van der Waals surface area (Å²) in [6.07, 6.45) is 8.13. The van der Waals surface area contributed by atoms with Gasteiger partial charge < -0.3 is 0 Å². The molecule has 0 spiro atoms. The zero-order valence-electron chi connectivity index (χ0n) is 9.42. The van der Waals surface area contributed by atoms with Crippen LogP contribution in [0.15, 0.2) is 15.2 Å². The standard InChI is InChI=1S/C12H19BrN2S/c13-11-8-16-7-10(11)12(15-14)6-9-4-2-1-3-5-9/h7-9,12,15H,1-6,14H2. The summed E-state index contributed by atoms with van der Waals surface area (Å²) in [5.41, 5.74) is 4.29. The summed E-state index contributed by atoms with van der Waals surface area (Å²) in [4.78, 5) is 0. The molecule has 0 aliphatic heterocycles. The van der Waals surface area contributed by atoms with Crippen LogP contribution in [0, 0.1) is 5.92 Å². The molecule has 2 rings (SSSR count). The van der Waals surface area contributed by atoms with Crippen LogP contribution in [0.25, 0.3) is 0 Å². The largest absolute Gasteiger partial charge is 0.271 e. The van der Waals surface area contributed by atoms with Crippen LogP contribution in [-0.2, 0) is 0 Å². The molecule has 1 saturated carbocycles. The summed E-state index contributed by atoms with van der Waals surface area (Å²) in [6.45, 7) is 0. The Kier molecular flexibility index (Phi) is 4.82. The predicted octanol–water partition coefficient (Wildman–Crippen LogP) is 3.99. The van der Waals surface area contributed by atoms with Crippen LogP contribution in [0.2, 0.25) is 0 Å². The quantitative estimate of drug-likeness (QED) is 0.652. The number of thiophene rings is 1. The summed E-state index contributed by atoms with van der Waals surface area (Å²) >= 11 is 5.32. The third-order valence-electron chi connectivity index (χ3n) is 3.51. The highest BCUT2D eigenvalue weighted by Gasteiger charge is 2.21. The van der Waals surface area contributed by atoms with Crippen molar-refractivity contribution in [2.75, 3.05) is 0 Å². The highest BCUT2D eigenvalue weighted by molar-refractivity contribution is 9.10. The van der Waals surface area contributed by atoms with Crippen molar-refractivity contribution in [2.45, 2.75) is 44.6 Å². The molecule has 90 valence electrons. The second kappa shape index (κ2) is 6.15. The number of hydrogen-bond donors (Lipinski definition) is 2. The van der Waals surface area contributed by atoms with Crippen molar-refractivity contribution in [3.63, 3.8) is 0 Å². The van der Waals surface area contributed by atoms with Gasteiger partial charge in [0.2, 0.25) is 0 Å². The van der Waals surface area contributed by atoms with Crippen molar-refractivity contribution in [2.24, 2.45) is 11.8 Å². The van der Waals surface area contributed by atoms with E-state index < -0.39 is 0 Å². The third-order valence-corrected chi connectivity index (χ3v) is 5.26. The molecule has 1 atom stereocenters. The van der Waals surface area contributed by atoms with Gasteiger partial charge in [0.1, 0.15) is 0 Å². The van der Waals surface area contributed by atoms with E-state index in [4.69, 9.17) is 5.84 Å². The van der Waals surface area contributed by atoms with Crippen LogP contribution in [0.5, 0.6) is 0 Å². The highest BCUT2D eigenvalue weighted by atomic mass is 79.9. The maximum atomic E-state index is 5.68. The first-order chi connectivity index (χ1) is 7.81. The first-order valence-electron chi connectivity index (χ1n) is 5.99. The highest BCUT2D eigenvalue weighted by Crippen LogP contribution is 2.35. The monoisotopic (exact) mass is 302 g/mol. The van der Waals surface area contributed by atoms with Crippen LogP contribution >= 0.6 is 27.3 Å². The maximum Gasteiger partial charge on any atom is 0.0482 e. The Hall–Kier alpha value is 0.100. The number of hydrogen-bond acceptors (Lipinski definition) is 3. The first-order valence-corrected chi connectivity index (χ1v) is 7.72. The molecule has 1 unspecified atom stereocenters. The summed E-state index contributed by atoms with van der Waals surface area (Å²) in [7, 11) is 0. The molecule has 0 amide bonds. The fourth-order valence-corrected chi connectivity index (χ4v) is 4.21. The van der Waals surface area contributed by atoms with E-state index >= 15 is 0 Å². The van der Waals surface area contributed by atoms with Gasteiger partial charge in [-0.3, -0.25) is 11.3 Å². The molecule has 4 heteroatoms. The second-order valence-corrected chi connectivity index (χ2v) is 6.23. The number of nitrogens with two attached hydrogens (primary N) is 1. The minimum atomic E-state index is 0.309. The van der Waals surface area contributed by atoms with Crippen LogP contribution in [-0.4, -0.2) is 0 Å². The minimum absolute atomic E-state index is 0.309. The molecule has 1 heterocycles. The van der Waals surface area contributed by atoms with E-state index in [1.807, 2.05) is 0 Å². The van der Waals surface area contributed by atoms with Crippen molar-refractivity contribution in [3.05, 3.63) is 20.8 Å². The summed E-state index contributed by atoms with van der Waals surface area (Å²) in [5.74, 6) is 6.53. The number of hydrazine groups is 1. The fraction of sp³-hybridized carbons (Fsp3) is 0.667. The smallest absolute Gasteiger partial charge is 0.0482 e. The Morgan fingerprint density at radius 3 is 2.69 bits per heavy atom. The molecule has 1 aromatic rings. The zero-order chi connectivity index (χ0) is 11.4. The Labute approximate surface area is 110 Å². The topological polar surface area (TPSA) is 38.0 Å². The summed E-state index contributed by atoms with van der Waals surface area (Å²) < 4.78 is 1.19. The van der Waals surface area contributed by atoms with Gasteiger partial charge in [-0.1, -0.05) is 32.1 Å². The molecule has 1 aliphatic rings. The number of rotatable bonds is 4. The van der Waals surface area contributed by atoms with Gasteiger partial charge in [0, 0.05) is 15.9 Å². The first kappa shape index (κ1) is 12.6.